The SMILES string of the molecule is Cc1cc(F)ccc1NC(=O)c1cc(S(=O)(=O)N(C)C)ccc1N1CCCC1. The molecular formula is C20H24FN3O3S. The molecule has 0 saturated carbocycles. The zero-order valence-electron chi connectivity index (χ0n) is 16.2. The van der Waals surface area contributed by atoms with Crippen molar-refractivity contribution in [3.63, 3.8) is 0 Å². The Labute approximate surface area is 165 Å². The molecule has 8 heteroatoms. The van der Waals surface area contributed by atoms with Crippen LogP contribution in [0, 0.1) is 12.7 Å². The first-order chi connectivity index (χ1) is 13.2. The number of anilines is 2. The summed E-state index contributed by atoms with van der Waals surface area (Å²) < 4.78 is 39.5. The summed E-state index contributed by atoms with van der Waals surface area (Å²) in [7, 11) is -0.775. The fourth-order valence-electron chi connectivity index (χ4n) is 3.26. The molecule has 0 spiro atoms. The first kappa shape index (κ1) is 20.3. The molecule has 0 aromatic heterocycles. The minimum atomic E-state index is -3.67. The third-order valence-electron chi connectivity index (χ3n) is 4.87. The summed E-state index contributed by atoms with van der Waals surface area (Å²) in [5.41, 5.74) is 2.06. The van der Waals surface area contributed by atoms with Crippen LogP contribution in [0.3, 0.4) is 0 Å². The predicted molar refractivity (Wildman–Crippen MR) is 108 cm³/mol. The monoisotopic (exact) mass is 405 g/mol. The second kappa shape index (κ2) is 7.89. The van der Waals surface area contributed by atoms with Gasteiger partial charge in [-0.25, -0.2) is 17.1 Å². The van der Waals surface area contributed by atoms with Gasteiger partial charge in [-0.1, -0.05) is 0 Å². The van der Waals surface area contributed by atoms with Crippen molar-refractivity contribution in [2.75, 3.05) is 37.4 Å². The van der Waals surface area contributed by atoms with E-state index in [1.807, 2.05) is 0 Å². The van der Waals surface area contributed by atoms with E-state index < -0.39 is 15.9 Å². The molecule has 150 valence electrons. The summed E-state index contributed by atoms with van der Waals surface area (Å²) in [5.74, 6) is -0.806. The Kier molecular flexibility index (Phi) is 5.71. The lowest BCUT2D eigenvalue weighted by Gasteiger charge is -2.22. The van der Waals surface area contributed by atoms with Gasteiger partial charge < -0.3 is 10.2 Å². The van der Waals surface area contributed by atoms with Gasteiger partial charge in [-0.05, 0) is 61.7 Å². The smallest absolute Gasteiger partial charge is 0.257 e. The van der Waals surface area contributed by atoms with E-state index in [9.17, 15) is 17.6 Å². The number of hydrogen-bond acceptors (Lipinski definition) is 4. The number of nitrogens with one attached hydrogen (secondary N) is 1. The summed E-state index contributed by atoms with van der Waals surface area (Å²) >= 11 is 0. The number of hydrogen-bond donors (Lipinski definition) is 1. The second-order valence-corrected chi connectivity index (χ2v) is 9.23. The predicted octanol–water partition coefficient (Wildman–Crippen LogP) is 3.24. The van der Waals surface area contributed by atoms with Crippen molar-refractivity contribution >= 4 is 27.3 Å². The van der Waals surface area contributed by atoms with Crippen LogP contribution in [-0.2, 0) is 10.0 Å². The molecule has 28 heavy (non-hydrogen) atoms. The van der Waals surface area contributed by atoms with E-state index in [1.165, 1.54) is 44.4 Å². The molecule has 0 aliphatic carbocycles. The number of sulfonamides is 1. The molecule has 1 N–H and O–H groups in total. The second-order valence-electron chi connectivity index (χ2n) is 7.07. The van der Waals surface area contributed by atoms with Crippen LogP contribution in [0.2, 0.25) is 0 Å². The van der Waals surface area contributed by atoms with E-state index in [0.29, 0.717) is 16.9 Å². The zero-order valence-corrected chi connectivity index (χ0v) is 17.0. The van der Waals surface area contributed by atoms with Gasteiger partial charge in [0.2, 0.25) is 10.0 Å². The molecule has 0 bridgehead atoms. The lowest BCUT2D eigenvalue weighted by atomic mass is 10.1. The van der Waals surface area contributed by atoms with Gasteiger partial charge in [0.25, 0.3) is 5.91 Å². The van der Waals surface area contributed by atoms with Crippen LogP contribution in [0.5, 0.6) is 0 Å². The number of rotatable bonds is 5. The van der Waals surface area contributed by atoms with Gasteiger partial charge in [-0.2, -0.15) is 0 Å². The largest absolute Gasteiger partial charge is 0.371 e. The highest BCUT2D eigenvalue weighted by molar-refractivity contribution is 7.89. The minimum Gasteiger partial charge on any atom is -0.371 e. The normalized spacial score (nSPS) is 14.5. The van der Waals surface area contributed by atoms with Crippen molar-refractivity contribution in [1.29, 1.82) is 0 Å². The van der Waals surface area contributed by atoms with E-state index in [2.05, 4.69) is 10.2 Å². The maximum Gasteiger partial charge on any atom is 0.257 e. The Morgan fingerprint density at radius 3 is 2.39 bits per heavy atom. The fourth-order valence-corrected chi connectivity index (χ4v) is 4.19. The Morgan fingerprint density at radius 1 is 1.11 bits per heavy atom. The van der Waals surface area contributed by atoms with Crippen molar-refractivity contribution in [2.45, 2.75) is 24.7 Å². The molecule has 1 aliphatic heterocycles. The van der Waals surface area contributed by atoms with Crippen LogP contribution in [0.15, 0.2) is 41.3 Å². The quantitative estimate of drug-likeness (QED) is 0.829. The van der Waals surface area contributed by atoms with Gasteiger partial charge in [-0.3, -0.25) is 4.79 Å². The van der Waals surface area contributed by atoms with E-state index in [1.54, 1.807) is 13.0 Å². The van der Waals surface area contributed by atoms with E-state index in [4.69, 9.17) is 0 Å². The van der Waals surface area contributed by atoms with Crippen LogP contribution in [0.25, 0.3) is 0 Å². The molecule has 0 atom stereocenters. The van der Waals surface area contributed by atoms with Gasteiger partial charge in [0.05, 0.1) is 10.5 Å². The molecule has 1 saturated heterocycles. The third kappa shape index (κ3) is 4.02. The van der Waals surface area contributed by atoms with Crippen molar-refractivity contribution in [3.05, 3.63) is 53.3 Å². The lowest BCUT2D eigenvalue weighted by molar-refractivity contribution is 0.102. The molecule has 6 nitrogen and oxygen atoms in total. The Hall–Kier alpha value is -2.45. The summed E-state index contributed by atoms with van der Waals surface area (Å²) in [6.45, 7) is 3.33. The summed E-state index contributed by atoms with van der Waals surface area (Å²) in [6, 6.07) is 8.74. The van der Waals surface area contributed by atoms with Crippen LogP contribution in [0.4, 0.5) is 15.8 Å². The zero-order chi connectivity index (χ0) is 20.5. The summed E-state index contributed by atoms with van der Waals surface area (Å²) in [5, 5.41) is 2.78. The van der Waals surface area contributed by atoms with Gasteiger partial charge in [-0.15, -0.1) is 0 Å². The Morgan fingerprint density at radius 2 is 1.79 bits per heavy atom. The summed E-state index contributed by atoms with van der Waals surface area (Å²) in [4.78, 5) is 15.2. The number of amides is 1. The molecule has 0 unspecified atom stereocenters. The first-order valence-electron chi connectivity index (χ1n) is 9.09. The van der Waals surface area contributed by atoms with E-state index in [0.717, 1.165) is 30.2 Å². The van der Waals surface area contributed by atoms with Crippen LogP contribution >= 0.6 is 0 Å². The van der Waals surface area contributed by atoms with Crippen molar-refractivity contribution in [1.82, 2.24) is 4.31 Å². The number of carbonyl (C=O) groups is 1. The lowest BCUT2D eigenvalue weighted by Crippen LogP contribution is -2.25. The van der Waals surface area contributed by atoms with Crippen LogP contribution in [-0.4, -0.2) is 45.8 Å². The number of halogens is 1. The average molecular weight is 405 g/mol. The number of carbonyl (C=O) groups excluding carboxylic acids is 1. The van der Waals surface area contributed by atoms with Crippen LogP contribution < -0.4 is 10.2 Å². The molecule has 1 aliphatic rings. The van der Waals surface area contributed by atoms with Crippen molar-refractivity contribution in [3.8, 4) is 0 Å². The highest BCUT2D eigenvalue weighted by atomic mass is 32.2. The molecule has 1 fully saturated rings. The number of benzene rings is 2. The Balaban J connectivity index is 2.03. The van der Waals surface area contributed by atoms with Crippen LogP contribution in [0.1, 0.15) is 28.8 Å². The van der Waals surface area contributed by atoms with E-state index >= 15 is 0 Å². The number of aryl methyl sites for hydroxylation is 1. The van der Waals surface area contributed by atoms with Crippen molar-refractivity contribution < 1.29 is 17.6 Å². The molecule has 1 amide bonds. The molecule has 2 aromatic rings. The maximum atomic E-state index is 13.3. The topological polar surface area (TPSA) is 69.7 Å². The first-order valence-corrected chi connectivity index (χ1v) is 10.5. The standard InChI is InChI=1S/C20H24FN3O3S/c1-14-12-15(21)6-8-18(14)22-20(25)17-13-16(28(26,27)23(2)3)7-9-19(17)24-10-4-5-11-24/h6-9,12-13H,4-5,10-11H2,1-3H3,(H,22,25). The average Bonchev–Trinajstić information content (AvgIpc) is 3.17. The highest BCUT2D eigenvalue weighted by Crippen LogP contribution is 2.29. The highest BCUT2D eigenvalue weighted by Gasteiger charge is 2.24. The molecule has 1 heterocycles. The van der Waals surface area contributed by atoms with Gasteiger partial charge in [0.15, 0.2) is 0 Å². The fraction of sp³-hybridized carbons (Fsp3) is 0.350. The maximum absolute atomic E-state index is 13.3. The van der Waals surface area contributed by atoms with Gasteiger partial charge in [0, 0.05) is 38.6 Å². The number of nitrogens with zero attached hydrogens (tertiary/aromatic N) is 2. The molecule has 3 rings (SSSR count). The van der Waals surface area contributed by atoms with E-state index in [-0.39, 0.29) is 16.3 Å². The van der Waals surface area contributed by atoms with Gasteiger partial charge >= 0.3 is 0 Å². The Bertz CT molecular complexity index is 1000. The minimum absolute atomic E-state index is 0.0569. The summed E-state index contributed by atoms with van der Waals surface area (Å²) in [6.07, 6.45) is 2.05. The third-order valence-corrected chi connectivity index (χ3v) is 6.69. The van der Waals surface area contributed by atoms with Gasteiger partial charge in [0.1, 0.15) is 5.82 Å². The molecule has 0 radical (unpaired) electrons. The van der Waals surface area contributed by atoms with Crippen molar-refractivity contribution in [2.24, 2.45) is 0 Å². The molecule has 2 aromatic carbocycles. The molecular weight excluding hydrogens is 381 g/mol.